The first-order valence-electron chi connectivity index (χ1n) is 5.95. The van der Waals surface area contributed by atoms with Crippen molar-refractivity contribution in [3.8, 4) is 0 Å². The average molecular weight is 253 g/mol. The topological polar surface area (TPSA) is 65.5 Å². The lowest BCUT2D eigenvalue weighted by molar-refractivity contribution is 0.0700. The molecule has 2 fully saturated rings. The lowest BCUT2D eigenvalue weighted by Crippen LogP contribution is -2.43. The molecule has 0 amide bonds. The van der Waals surface area contributed by atoms with E-state index in [0.717, 1.165) is 49.8 Å². The monoisotopic (exact) mass is 253 g/mol. The molecule has 2 N–H and O–H groups in total. The van der Waals surface area contributed by atoms with E-state index in [1.165, 1.54) is 11.3 Å². The van der Waals surface area contributed by atoms with Crippen LogP contribution in [0, 0.1) is 0 Å². The van der Waals surface area contributed by atoms with Crippen molar-refractivity contribution in [2.45, 2.75) is 18.8 Å². The summed E-state index contributed by atoms with van der Waals surface area (Å²) >= 11 is 1.33. The molecular weight excluding hydrogens is 238 g/mol. The summed E-state index contributed by atoms with van der Waals surface area (Å²) < 4.78 is 0. The van der Waals surface area contributed by atoms with E-state index in [2.05, 4.69) is 15.2 Å². The standard InChI is InChI=1S/C11H15N3O2S/c15-10(16)9-8(7-1-2-7)13-11(17-9)14-5-3-12-4-6-14/h7,12H,1-6H2,(H,15,16). The molecule has 2 aliphatic rings. The second kappa shape index (κ2) is 4.27. The van der Waals surface area contributed by atoms with Gasteiger partial charge in [0.2, 0.25) is 0 Å². The molecule has 0 unspecified atom stereocenters. The fraction of sp³-hybridized carbons (Fsp3) is 0.636. The highest BCUT2D eigenvalue weighted by Gasteiger charge is 2.33. The second-order valence-corrected chi connectivity index (χ2v) is 5.50. The van der Waals surface area contributed by atoms with Crippen LogP contribution in [0.2, 0.25) is 0 Å². The van der Waals surface area contributed by atoms with Crippen molar-refractivity contribution in [1.82, 2.24) is 10.3 Å². The Kier molecular flexibility index (Phi) is 2.76. The van der Waals surface area contributed by atoms with Crippen LogP contribution in [0.4, 0.5) is 5.13 Å². The molecule has 0 bridgehead atoms. The summed E-state index contributed by atoms with van der Waals surface area (Å²) in [6, 6.07) is 0. The number of carboxylic acids is 1. The van der Waals surface area contributed by atoms with Crippen molar-refractivity contribution in [3.05, 3.63) is 10.6 Å². The van der Waals surface area contributed by atoms with Crippen LogP contribution in [0.5, 0.6) is 0 Å². The zero-order chi connectivity index (χ0) is 11.8. The first kappa shape index (κ1) is 11.0. The number of hydrogen-bond donors (Lipinski definition) is 2. The van der Waals surface area contributed by atoms with Crippen LogP contribution < -0.4 is 10.2 Å². The van der Waals surface area contributed by atoms with Crippen molar-refractivity contribution in [1.29, 1.82) is 0 Å². The van der Waals surface area contributed by atoms with E-state index in [0.29, 0.717) is 10.8 Å². The van der Waals surface area contributed by atoms with E-state index in [9.17, 15) is 9.90 Å². The Labute approximate surface area is 103 Å². The molecule has 1 saturated heterocycles. The fourth-order valence-corrected chi connectivity index (χ4v) is 3.14. The lowest BCUT2D eigenvalue weighted by Gasteiger charge is -2.26. The van der Waals surface area contributed by atoms with Gasteiger partial charge >= 0.3 is 5.97 Å². The van der Waals surface area contributed by atoms with Crippen molar-refractivity contribution in [3.63, 3.8) is 0 Å². The lowest BCUT2D eigenvalue weighted by atomic mass is 10.2. The normalized spacial score (nSPS) is 20.6. The third kappa shape index (κ3) is 2.14. The van der Waals surface area contributed by atoms with E-state index < -0.39 is 5.97 Å². The minimum absolute atomic E-state index is 0.397. The van der Waals surface area contributed by atoms with Gasteiger partial charge in [0.05, 0.1) is 5.69 Å². The Morgan fingerprint density at radius 1 is 1.41 bits per heavy atom. The highest BCUT2D eigenvalue weighted by atomic mass is 32.1. The molecule has 17 heavy (non-hydrogen) atoms. The summed E-state index contributed by atoms with van der Waals surface area (Å²) in [5, 5.41) is 13.4. The zero-order valence-electron chi connectivity index (χ0n) is 9.48. The predicted molar refractivity (Wildman–Crippen MR) is 66.1 cm³/mol. The predicted octanol–water partition coefficient (Wildman–Crippen LogP) is 1.13. The number of hydrogen-bond acceptors (Lipinski definition) is 5. The molecule has 1 aromatic rings. The molecule has 0 spiro atoms. The van der Waals surface area contributed by atoms with Crippen LogP contribution in [0.1, 0.15) is 34.1 Å². The number of aromatic carboxylic acids is 1. The second-order valence-electron chi connectivity index (χ2n) is 4.53. The molecule has 0 atom stereocenters. The largest absolute Gasteiger partial charge is 0.477 e. The molecule has 5 nitrogen and oxygen atoms in total. The molecule has 1 aliphatic carbocycles. The van der Waals surface area contributed by atoms with Crippen LogP contribution in [-0.4, -0.2) is 42.2 Å². The maximum absolute atomic E-state index is 11.2. The molecular formula is C11H15N3O2S. The van der Waals surface area contributed by atoms with Gasteiger partial charge in [-0.25, -0.2) is 9.78 Å². The molecule has 2 heterocycles. The Bertz CT molecular complexity index is 436. The zero-order valence-corrected chi connectivity index (χ0v) is 10.3. The molecule has 1 aromatic heterocycles. The summed E-state index contributed by atoms with van der Waals surface area (Å²) in [6.07, 6.45) is 2.18. The van der Waals surface area contributed by atoms with Crippen LogP contribution >= 0.6 is 11.3 Å². The molecule has 6 heteroatoms. The van der Waals surface area contributed by atoms with E-state index in [1.807, 2.05) is 0 Å². The highest BCUT2D eigenvalue weighted by Crippen LogP contribution is 2.44. The summed E-state index contributed by atoms with van der Waals surface area (Å²) in [6.45, 7) is 3.72. The minimum atomic E-state index is -0.828. The van der Waals surface area contributed by atoms with Gasteiger partial charge in [-0.2, -0.15) is 0 Å². The SMILES string of the molecule is O=C(O)c1sc(N2CCNCC2)nc1C1CC1. The Morgan fingerprint density at radius 2 is 2.12 bits per heavy atom. The first-order chi connectivity index (χ1) is 8.25. The number of anilines is 1. The van der Waals surface area contributed by atoms with E-state index in [-0.39, 0.29) is 0 Å². The molecule has 92 valence electrons. The van der Waals surface area contributed by atoms with Crippen LogP contribution in [0.15, 0.2) is 0 Å². The van der Waals surface area contributed by atoms with Gasteiger partial charge in [0.1, 0.15) is 4.88 Å². The number of nitrogens with one attached hydrogen (secondary N) is 1. The number of rotatable bonds is 3. The molecule has 0 aromatic carbocycles. The molecule has 1 aliphatic heterocycles. The summed E-state index contributed by atoms with van der Waals surface area (Å²) in [7, 11) is 0. The van der Waals surface area contributed by atoms with E-state index in [4.69, 9.17) is 0 Å². The van der Waals surface area contributed by atoms with Crippen molar-refractivity contribution < 1.29 is 9.90 Å². The number of aromatic nitrogens is 1. The highest BCUT2D eigenvalue weighted by molar-refractivity contribution is 7.17. The third-order valence-electron chi connectivity index (χ3n) is 3.19. The quantitative estimate of drug-likeness (QED) is 0.845. The Morgan fingerprint density at radius 3 is 2.71 bits per heavy atom. The number of thiazole rings is 1. The van der Waals surface area contributed by atoms with Gasteiger partial charge in [0, 0.05) is 32.1 Å². The Hall–Kier alpha value is -1.14. The third-order valence-corrected chi connectivity index (χ3v) is 4.31. The van der Waals surface area contributed by atoms with Gasteiger partial charge in [-0.1, -0.05) is 11.3 Å². The smallest absolute Gasteiger partial charge is 0.347 e. The molecule has 3 rings (SSSR count). The van der Waals surface area contributed by atoms with Gasteiger partial charge in [0.15, 0.2) is 5.13 Å². The molecule has 0 radical (unpaired) electrons. The minimum Gasteiger partial charge on any atom is -0.477 e. The molecule has 1 saturated carbocycles. The van der Waals surface area contributed by atoms with Crippen LogP contribution in [-0.2, 0) is 0 Å². The Balaban J connectivity index is 1.89. The van der Waals surface area contributed by atoms with E-state index in [1.54, 1.807) is 0 Å². The van der Waals surface area contributed by atoms with Gasteiger partial charge < -0.3 is 15.3 Å². The number of carbonyl (C=O) groups is 1. The summed E-state index contributed by atoms with van der Waals surface area (Å²) in [5.74, 6) is -0.431. The van der Waals surface area contributed by atoms with Gasteiger partial charge in [-0.05, 0) is 12.8 Å². The van der Waals surface area contributed by atoms with Crippen LogP contribution in [0.3, 0.4) is 0 Å². The average Bonchev–Trinajstić information content (AvgIpc) is 3.09. The van der Waals surface area contributed by atoms with Crippen LogP contribution in [0.25, 0.3) is 0 Å². The van der Waals surface area contributed by atoms with Crippen molar-refractivity contribution in [2.24, 2.45) is 0 Å². The van der Waals surface area contributed by atoms with E-state index >= 15 is 0 Å². The van der Waals surface area contributed by atoms with Crippen molar-refractivity contribution >= 4 is 22.4 Å². The van der Waals surface area contributed by atoms with Gasteiger partial charge in [0.25, 0.3) is 0 Å². The number of piperazine rings is 1. The maximum atomic E-state index is 11.2. The maximum Gasteiger partial charge on any atom is 0.347 e. The number of nitrogens with zero attached hydrogens (tertiary/aromatic N) is 2. The fourth-order valence-electron chi connectivity index (χ4n) is 2.10. The first-order valence-corrected chi connectivity index (χ1v) is 6.77. The number of carboxylic acid groups (broad SMARTS) is 1. The summed E-state index contributed by atoms with van der Waals surface area (Å²) in [4.78, 5) is 18.4. The van der Waals surface area contributed by atoms with Crippen molar-refractivity contribution in [2.75, 3.05) is 31.1 Å². The van der Waals surface area contributed by atoms with Gasteiger partial charge in [-0.3, -0.25) is 0 Å². The summed E-state index contributed by atoms with van der Waals surface area (Å²) in [5.41, 5.74) is 0.816. The van der Waals surface area contributed by atoms with Gasteiger partial charge in [-0.15, -0.1) is 0 Å².